The lowest BCUT2D eigenvalue weighted by Gasteiger charge is -2.11. The van der Waals surface area contributed by atoms with Gasteiger partial charge in [-0.15, -0.1) is 46.7 Å². The first-order valence-electron chi connectivity index (χ1n) is 7.57. The summed E-state index contributed by atoms with van der Waals surface area (Å²) in [6.45, 7) is 3.30. The monoisotopic (exact) mass is 549 g/mol. The first kappa shape index (κ1) is 23.6. The number of nitrogens with zero attached hydrogens (tertiary/aromatic N) is 2. The van der Waals surface area contributed by atoms with Crippen molar-refractivity contribution in [3.63, 3.8) is 0 Å². The summed E-state index contributed by atoms with van der Waals surface area (Å²) in [6.07, 6.45) is 2.85. The zero-order valence-electron chi connectivity index (χ0n) is 14.3. The van der Waals surface area contributed by atoms with Gasteiger partial charge in [-0.05, 0) is 18.6 Å². The molecular weight excluding hydrogens is 529 g/mol. The van der Waals surface area contributed by atoms with Crippen molar-refractivity contribution >= 4 is 74.2 Å². The topological polar surface area (TPSA) is 95.5 Å². The van der Waals surface area contributed by atoms with Crippen LogP contribution in [0.2, 0.25) is 4.34 Å². The van der Waals surface area contributed by atoms with Gasteiger partial charge >= 0.3 is 0 Å². The van der Waals surface area contributed by atoms with E-state index in [9.17, 15) is 8.42 Å². The molecule has 2 rings (SSSR count). The van der Waals surface area contributed by atoms with Crippen molar-refractivity contribution in [2.24, 2.45) is 4.99 Å². The van der Waals surface area contributed by atoms with Gasteiger partial charge in [0.25, 0.3) is 0 Å². The fourth-order valence-electron chi connectivity index (χ4n) is 1.85. The van der Waals surface area contributed by atoms with Gasteiger partial charge < -0.3 is 10.6 Å². The van der Waals surface area contributed by atoms with Crippen molar-refractivity contribution in [3.8, 4) is 0 Å². The Kier molecular flexibility index (Phi) is 10.3. The maximum absolute atomic E-state index is 12.1. The van der Waals surface area contributed by atoms with E-state index in [1.165, 1.54) is 10.9 Å². The van der Waals surface area contributed by atoms with E-state index in [0.717, 1.165) is 22.8 Å². The van der Waals surface area contributed by atoms with Gasteiger partial charge in [0.05, 0.1) is 10.9 Å². The molecule has 7 nitrogen and oxygen atoms in total. The van der Waals surface area contributed by atoms with E-state index in [2.05, 4.69) is 32.3 Å². The molecular formula is C14H21ClIN5O2S3. The molecule has 0 aromatic carbocycles. The minimum absolute atomic E-state index is 0. The van der Waals surface area contributed by atoms with Crippen molar-refractivity contribution in [2.45, 2.75) is 24.1 Å². The minimum Gasteiger partial charge on any atom is -0.355 e. The normalized spacial score (nSPS) is 11.9. The first-order chi connectivity index (χ1) is 11.9. The molecule has 0 aliphatic heterocycles. The summed E-state index contributed by atoms with van der Waals surface area (Å²) in [6, 6.07) is 3.05. The second-order valence-electron chi connectivity index (χ2n) is 4.88. The summed E-state index contributed by atoms with van der Waals surface area (Å²) in [5, 5.41) is 7.19. The Morgan fingerprint density at radius 1 is 1.27 bits per heavy atom. The maximum Gasteiger partial charge on any atom is 0.250 e. The number of hydrogen-bond donors (Lipinski definition) is 3. The molecule has 0 unspecified atom stereocenters. The number of aryl methyl sites for hydroxylation is 1. The van der Waals surface area contributed by atoms with E-state index >= 15 is 0 Å². The standard InChI is InChI=1S/C14H20ClN5O2S3.HI/c1-3-10-8-18-12(23-10)9-19-14(16-2)17-6-7-20-25(21,22)13-5-4-11(15)24-13;/h4-5,8,20H,3,6-7,9H2,1-2H3,(H2,16,17,19);1H. The number of sulfonamides is 1. The lowest BCUT2D eigenvalue weighted by atomic mass is 10.4. The summed E-state index contributed by atoms with van der Waals surface area (Å²) in [7, 11) is -1.86. The molecule has 2 aromatic heterocycles. The van der Waals surface area contributed by atoms with Crippen molar-refractivity contribution in [3.05, 3.63) is 32.6 Å². The van der Waals surface area contributed by atoms with Gasteiger partial charge in [-0.1, -0.05) is 18.5 Å². The molecule has 146 valence electrons. The SMILES string of the molecule is CCc1cnc(CNC(=NC)NCCNS(=O)(=O)c2ccc(Cl)s2)s1.I. The number of hydrogen-bond acceptors (Lipinski definition) is 6. The van der Waals surface area contributed by atoms with E-state index in [1.807, 2.05) is 6.20 Å². The Balaban J connectivity index is 0.00000338. The van der Waals surface area contributed by atoms with E-state index in [-0.39, 0.29) is 34.7 Å². The molecule has 26 heavy (non-hydrogen) atoms. The fraction of sp³-hybridized carbons (Fsp3) is 0.429. The van der Waals surface area contributed by atoms with Crippen LogP contribution in [0, 0.1) is 0 Å². The summed E-state index contributed by atoms with van der Waals surface area (Å²) < 4.78 is 27.3. The molecule has 0 fully saturated rings. The van der Waals surface area contributed by atoms with Crippen LogP contribution in [0.15, 0.2) is 27.5 Å². The van der Waals surface area contributed by atoms with Crippen molar-refractivity contribution in [1.82, 2.24) is 20.3 Å². The fourth-order valence-corrected chi connectivity index (χ4v) is 5.21. The van der Waals surface area contributed by atoms with E-state index < -0.39 is 10.0 Å². The Morgan fingerprint density at radius 2 is 2.04 bits per heavy atom. The van der Waals surface area contributed by atoms with Crippen LogP contribution in [0.1, 0.15) is 16.8 Å². The van der Waals surface area contributed by atoms with Gasteiger partial charge in [-0.3, -0.25) is 4.99 Å². The molecule has 0 bridgehead atoms. The molecule has 0 spiro atoms. The Bertz CT molecular complexity index is 822. The predicted octanol–water partition coefficient (Wildman–Crippen LogP) is 2.68. The molecule has 0 atom stereocenters. The molecule has 2 aromatic rings. The summed E-state index contributed by atoms with van der Waals surface area (Å²) in [5.74, 6) is 0.589. The van der Waals surface area contributed by atoms with E-state index in [0.29, 0.717) is 23.4 Å². The Morgan fingerprint density at radius 3 is 2.62 bits per heavy atom. The number of guanidine groups is 1. The van der Waals surface area contributed by atoms with Crippen molar-refractivity contribution in [1.29, 1.82) is 0 Å². The van der Waals surface area contributed by atoms with Crippen LogP contribution in [0.5, 0.6) is 0 Å². The van der Waals surface area contributed by atoms with Crippen LogP contribution in [0.3, 0.4) is 0 Å². The highest BCUT2D eigenvalue weighted by Gasteiger charge is 2.15. The molecule has 12 heteroatoms. The number of halogens is 2. The van der Waals surface area contributed by atoms with Crippen molar-refractivity contribution < 1.29 is 8.42 Å². The summed E-state index contributed by atoms with van der Waals surface area (Å²) in [4.78, 5) is 9.67. The third-order valence-corrected chi connectivity index (χ3v) is 7.43. The van der Waals surface area contributed by atoms with Gasteiger partial charge in [-0.25, -0.2) is 18.1 Å². The highest BCUT2D eigenvalue weighted by Crippen LogP contribution is 2.25. The highest BCUT2D eigenvalue weighted by atomic mass is 127. The molecule has 3 N–H and O–H groups in total. The van der Waals surface area contributed by atoms with Gasteiger partial charge in [0.15, 0.2) is 5.96 Å². The molecule has 2 heterocycles. The van der Waals surface area contributed by atoms with E-state index in [1.54, 1.807) is 24.5 Å². The van der Waals surface area contributed by atoms with Crippen LogP contribution in [0.25, 0.3) is 0 Å². The Labute approximate surface area is 183 Å². The minimum atomic E-state index is -3.52. The number of thiazole rings is 1. The maximum atomic E-state index is 12.1. The van der Waals surface area contributed by atoms with Crippen LogP contribution >= 0.6 is 58.3 Å². The number of aliphatic imine (C=N–C) groups is 1. The highest BCUT2D eigenvalue weighted by molar-refractivity contribution is 14.0. The molecule has 0 saturated carbocycles. The number of aromatic nitrogens is 1. The largest absolute Gasteiger partial charge is 0.355 e. The number of rotatable bonds is 8. The van der Waals surface area contributed by atoms with Gasteiger partial charge in [0.2, 0.25) is 10.0 Å². The number of thiophene rings is 1. The third-order valence-electron chi connectivity index (χ3n) is 3.10. The third kappa shape index (κ3) is 7.27. The first-order valence-corrected chi connectivity index (χ1v) is 11.1. The summed E-state index contributed by atoms with van der Waals surface area (Å²) >= 11 is 8.45. The van der Waals surface area contributed by atoms with Crippen LogP contribution < -0.4 is 15.4 Å². The quantitative estimate of drug-likeness (QED) is 0.204. The van der Waals surface area contributed by atoms with Gasteiger partial charge in [0.1, 0.15) is 9.22 Å². The zero-order valence-corrected chi connectivity index (χ0v) is 19.8. The van der Waals surface area contributed by atoms with Crippen molar-refractivity contribution in [2.75, 3.05) is 20.1 Å². The lowest BCUT2D eigenvalue weighted by molar-refractivity contribution is 0.582. The molecule has 0 radical (unpaired) electrons. The summed E-state index contributed by atoms with van der Waals surface area (Å²) in [5.41, 5.74) is 0. The average molecular weight is 550 g/mol. The van der Waals surface area contributed by atoms with E-state index in [4.69, 9.17) is 11.6 Å². The predicted molar refractivity (Wildman–Crippen MR) is 120 cm³/mol. The van der Waals surface area contributed by atoms with Crippen LogP contribution in [0.4, 0.5) is 0 Å². The molecule has 0 saturated heterocycles. The average Bonchev–Trinajstić information content (AvgIpc) is 3.23. The number of nitrogens with one attached hydrogen (secondary N) is 3. The van der Waals surface area contributed by atoms with Crippen LogP contribution in [-0.4, -0.2) is 39.5 Å². The zero-order chi connectivity index (χ0) is 18.3. The molecule has 0 aliphatic rings. The molecule has 0 aliphatic carbocycles. The van der Waals surface area contributed by atoms with Gasteiger partial charge in [-0.2, -0.15) is 0 Å². The second kappa shape index (κ2) is 11.4. The van der Waals surface area contributed by atoms with Gasteiger partial charge in [0, 0.05) is 31.2 Å². The Hall–Kier alpha value is -0.470. The lowest BCUT2D eigenvalue weighted by Crippen LogP contribution is -2.41. The second-order valence-corrected chi connectivity index (χ2v) is 9.79. The molecule has 0 amide bonds. The van der Waals surface area contributed by atoms with Crippen LogP contribution in [-0.2, 0) is 23.0 Å². The smallest absolute Gasteiger partial charge is 0.250 e.